The molecular weight excluding hydrogens is 330 g/mol. The van der Waals surface area contributed by atoms with E-state index < -0.39 is 0 Å². The number of thiazole rings is 1. The van der Waals surface area contributed by atoms with E-state index in [4.69, 9.17) is 5.73 Å². The number of nitrogens with zero attached hydrogens (tertiary/aromatic N) is 2. The van der Waals surface area contributed by atoms with E-state index in [1.807, 2.05) is 10.3 Å². The van der Waals surface area contributed by atoms with Crippen molar-refractivity contribution >= 4 is 29.7 Å². The summed E-state index contributed by atoms with van der Waals surface area (Å²) < 4.78 is 0. The molecule has 0 aliphatic heterocycles. The van der Waals surface area contributed by atoms with E-state index in [0.717, 1.165) is 17.8 Å². The number of carbonyl (C=O) groups is 1. The first kappa shape index (κ1) is 17.9. The Morgan fingerprint density at radius 2 is 2.09 bits per heavy atom. The Hall–Kier alpha value is -1.43. The maximum Gasteiger partial charge on any atom is 0.273 e. The number of aromatic nitrogens is 1. The molecule has 124 valence electrons. The molecule has 0 spiro atoms. The normalized spacial score (nSPS) is 13.5. The maximum atomic E-state index is 12.7. The molecule has 2 aromatic rings. The second kappa shape index (κ2) is 7.43. The molecule has 0 saturated heterocycles. The predicted octanol–water partition coefficient (Wildman–Crippen LogP) is 3.45. The van der Waals surface area contributed by atoms with Gasteiger partial charge in [0.15, 0.2) is 0 Å². The molecule has 1 heterocycles. The summed E-state index contributed by atoms with van der Waals surface area (Å²) in [6.07, 6.45) is 2.18. The Morgan fingerprint density at radius 1 is 1.35 bits per heavy atom. The number of aryl methyl sites for hydroxylation is 2. The van der Waals surface area contributed by atoms with Crippen molar-refractivity contribution in [2.75, 3.05) is 0 Å². The highest BCUT2D eigenvalue weighted by atomic mass is 35.5. The second-order valence-corrected chi connectivity index (χ2v) is 6.86. The van der Waals surface area contributed by atoms with Gasteiger partial charge >= 0.3 is 0 Å². The fourth-order valence-electron chi connectivity index (χ4n) is 2.50. The molecule has 2 N–H and O–H groups in total. The van der Waals surface area contributed by atoms with Gasteiger partial charge in [-0.1, -0.05) is 18.2 Å². The highest BCUT2D eigenvalue weighted by Crippen LogP contribution is 2.30. The summed E-state index contributed by atoms with van der Waals surface area (Å²) in [6, 6.07) is 6.76. The van der Waals surface area contributed by atoms with Crippen LogP contribution in [0.1, 0.15) is 45.0 Å². The standard InChI is InChI=1S/C17H21N3OS.ClH/c1-11-3-4-13(7-12(11)2)9-20(14-5-6-14)17(21)15-10-22-16(8-18)19-15;/h3-4,7,10,14H,5-6,8-9,18H2,1-2H3;1H. The fourth-order valence-corrected chi connectivity index (χ4v) is 3.15. The summed E-state index contributed by atoms with van der Waals surface area (Å²) >= 11 is 1.45. The number of hydrogen-bond acceptors (Lipinski definition) is 4. The Balaban J connectivity index is 0.00000192. The van der Waals surface area contributed by atoms with Crippen molar-refractivity contribution in [2.45, 2.75) is 45.8 Å². The number of nitrogens with two attached hydrogens (primary N) is 1. The van der Waals surface area contributed by atoms with Crippen LogP contribution in [0.2, 0.25) is 0 Å². The smallest absolute Gasteiger partial charge is 0.273 e. The van der Waals surface area contributed by atoms with Gasteiger partial charge in [-0.25, -0.2) is 4.98 Å². The lowest BCUT2D eigenvalue weighted by Gasteiger charge is -2.22. The maximum absolute atomic E-state index is 12.7. The Kier molecular flexibility index (Phi) is 5.79. The molecule has 4 nitrogen and oxygen atoms in total. The zero-order chi connectivity index (χ0) is 15.7. The molecule has 1 saturated carbocycles. The first-order valence-electron chi connectivity index (χ1n) is 7.60. The summed E-state index contributed by atoms with van der Waals surface area (Å²) in [4.78, 5) is 19.0. The van der Waals surface area contributed by atoms with E-state index in [1.54, 1.807) is 0 Å². The second-order valence-electron chi connectivity index (χ2n) is 5.91. The van der Waals surface area contributed by atoms with Gasteiger partial charge in [0.2, 0.25) is 0 Å². The number of rotatable bonds is 5. The minimum atomic E-state index is 0. The molecule has 0 radical (unpaired) electrons. The van der Waals surface area contributed by atoms with Crippen LogP contribution < -0.4 is 5.73 Å². The van der Waals surface area contributed by atoms with E-state index in [0.29, 0.717) is 24.8 Å². The third-order valence-electron chi connectivity index (χ3n) is 4.12. The first-order chi connectivity index (χ1) is 10.6. The van der Waals surface area contributed by atoms with Crippen LogP contribution in [-0.2, 0) is 13.1 Å². The molecule has 1 aliphatic carbocycles. The third kappa shape index (κ3) is 4.10. The van der Waals surface area contributed by atoms with Crippen LogP contribution in [-0.4, -0.2) is 21.8 Å². The quantitative estimate of drug-likeness (QED) is 0.897. The van der Waals surface area contributed by atoms with Gasteiger partial charge in [-0.2, -0.15) is 0 Å². The molecule has 1 amide bonds. The summed E-state index contributed by atoms with van der Waals surface area (Å²) in [5, 5.41) is 2.63. The van der Waals surface area contributed by atoms with Crippen molar-refractivity contribution in [3.05, 3.63) is 51.0 Å². The molecule has 1 fully saturated rings. The van der Waals surface area contributed by atoms with E-state index >= 15 is 0 Å². The van der Waals surface area contributed by atoms with E-state index in [-0.39, 0.29) is 18.3 Å². The highest BCUT2D eigenvalue weighted by Gasteiger charge is 2.34. The molecule has 0 unspecified atom stereocenters. The van der Waals surface area contributed by atoms with E-state index in [9.17, 15) is 4.79 Å². The average Bonchev–Trinajstić information content (AvgIpc) is 3.24. The van der Waals surface area contributed by atoms with Gasteiger partial charge < -0.3 is 10.6 Å². The molecule has 1 aliphatic rings. The lowest BCUT2D eigenvalue weighted by molar-refractivity contribution is 0.0724. The van der Waals surface area contributed by atoms with Crippen LogP contribution in [0.4, 0.5) is 0 Å². The molecule has 6 heteroatoms. The molecule has 1 aromatic carbocycles. The minimum Gasteiger partial charge on any atom is -0.330 e. The van der Waals surface area contributed by atoms with Crippen molar-refractivity contribution < 1.29 is 4.79 Å². The molecule has 3 rings (SSSR count). The number of benzene rings is 1. The highest BCUT2D eigenvalue weighted by molar-refractivity contribution is 7.09. The first-order valence-corrected chi connectivity index (χ1v) is 8.48. The van der Waals surface area contributed by atoms with E-state index in [1.165, 1.54) is 28.0 Å². The molecular formula is C17H22ClN3OS. The van der Waals surface area contributed by atoms with Crippen LogP contribution in [0.3, 0.4) is 0 Å². The number of amides is 1. The zero-order valence-corrected chi connectivity index (χ0v) is 15.0. The van der Waals surface area contributed by atoms with E-state index in [2.05, 4.69) is 37.0 Å². The van der Waals surface area contributed by atoms with Crippen molar-refractivity contribution in [2.24, 2.45) is 5.73 Å². The fraction of sp³-hybridized carbons (Fsp3) is 0.412. The van der Waals surface area contributed by atoms with Gasteiger partial charge in [0.05, 0.1) is 0 Å². The van der Waals surface area contributed by atoms with Crippen LogP contribution in [0.15, 0.2) is 23.6 Å². The summed E-state index contributed by atoms with van der Waals surface area (Å²) in [7, 11) is 0. The van der Waals surface area contributed by atoms with Crippen LogP contribution in [0, 0.1) is 13.8 Å². The SMILES string of the molecule is Cc1ccc(CN(C(=O)c2csc(CN)n2)C2CC2)cc1C.Cl. The largest absolute Gasteiger partial charge is 0.330 e. The number of hydrogen-bond donors (Lipinski definition) is 1. The lowest BCUT2D eigenvalue weighted by atomic mass is 10.1. The van der Waals surface area contributed by atoms with Crippen LogP contribution in [0.25, 0.3) is 0 Å². The minimum absolute atomic E-state index is 0. The van der Waals surface area contributed by atoms with Crippen molar-refractivity contribution in [1.82, 2.24) is 9.88 Å². The topological polar surface area (TPSA) is 59.2 Å². The van der Waals surface area contributed by atoms with Crippen LogP contribution in [0.5, 0.6) is 0 Å². The molecule has 23 heavy (non-hydrogen) atoms. The predicted molar refractivity (Wildman–Crippen MR) is 96.1 cm³/mol. The monoisotopic (exact) mass is 351 g/mol. The molecule has 0 atom stereocenters. The van der Waals surface area contributed by atoms with Crippen molar-refractivity contribution in [3.63, 3.8) is 0 Å². The van der Waals surface area contributed by atoms with Gasteiger partial charge in [-0.3, -0.25) is 4.79 Å². The summed E-state index contributed by atoms with van der Waals surface area (Å²) in [5.74, 6) is 0.0247. The molecule has 0 bridgehead atoms. The Labute approximate surface area is 147 Å². The van der Waals surface area contributed by atoms with Gasteiger partial charge in [0.25, 0.3) is 5.91 Å². The van der Waals surface area contributed by atoms with Gasteiger partial charge in [-0.15, -0.1) is 23.7 Å². The lowest BCUT2D eigenvalue weighted by Crippen LogP contribution is -2.32. The third-order valence-corrected chi connectivity index (χ3v) is 4.99. The van der Waals surface area contributed by atoms with Crippen molar-refractivity contribution in [1.29, 1.82) is 0 Å². The summed E-state index contributed by atoms with van der Waals surface area (Å²) in [5.41, 5.74) is 9.84. The Bertz CT molecular complexity index is 697. The van der Waals surface area contributed by atoms with Crippen molar-refractivity contribution in [3.8, 4) is 0 Å². The molecule has 1 aromatic heterocycles. The Morgan fingerprint density at radius 3 is 2.65 bits per heavy atom. The average molecular weight is 352 g/mol. The van der Waals surface area contributed by atoms with Gasteiger partial charge in [0, 0.05) is 24.5 Å². The van der Waals surface area contributed by atoms with Gasteiger partial charge in [0.1, 0.15) is 10.7 Å². The zero-order valence-electron chi connectivity index (χ0n) is 13.4. The number of carbonyl (C=O) groups excluding carboxylic acids is 1. The van der Waals surface area contributed by atoms with Gasteiger partial charge in [-0.05, 0) is 43.4 Å². The number of halogens is 1. The summed E-state index contributed by atoms with van der Waals surface area (Å²) in [6.45, 7) is 5.25. The van der Waals surface area contributed by atoms with Crippen LogP contribution >= 0.6 is 23.7 Å².